The number of aliphatic hydroxyl groups is 1. The molecular weight excluding hydrogens is 262 g/mol. The molecule has 1 aromatic rings. The van der Waals surface area contributed by atoms with Crippen LogP contribution in [0.3, 0.4) is 0 Å². The van der Waals surface area contributed by atoms with Crippen molar-refractivity contribution in [3.63, 3.8) is 0 Å². The number of rotatable bonds is 2. The van der Waals surface area contributed by atoms with Gasteiger partial charge in [-0.15, -0.1) is 0 Å². The van der Waals surface area contributed by atoms with Crippen LogP contribution in [0.2, 0.25) is 0 Å². The maximum atomic E-state index is 10.2. The normalized spacial score (nSPS) is 36.0. The molecular formula is C13H17N3O2S. The van der Waals surface area contributed by atoms with Crippen LogP contribution >= 0.6 is 11.8 Å². The van der Waals surface area contributed by atoms with Gasteiger partial charge in [0.15, 0.2) is 5.17 Å². The number of amidine groups is 1. The highest BCUT2D eigenvalue weighted by molar-refractivity contribution is 8.14. The second-order valence-corrected chi connectivity index (χ2v) is 5.90. The summed E-state index contributed by atoms with van der Waals surface area (Å²) < 4.78 is 6.05. The molecule has 4 unspecified atom stereocenters. The minimum Gasteiger partial charge on any atom is -0.391 e. The van der Waals surface area contributed by atoms with Gasteiger partial charge in [-0.1, -0.05) is 17.8 Å². The molecule has 0 bridgehead atoms. The van der Waals surface area contributed by atoms with Crippen molar-refractivity contribution in [1.82, 2.24) is 10.3 Å². The van der Waals surface area contributed by atoms with Gasteiger partial charge in [-0.05, 0) is 11.6 Å². The number of aliphatic hydroxyl groups excluding tert-OH is 1. The second-order valence-electron chi connectivity index (χ2n) is 4.81. The fraction of sp³-hybridized carbons (Fsp3) is 0.538. The minimum absolute atomic E-state index is 0.0333. The molecule has 0 amide bonds. The largest absolute Gasteiger partial charge is 0.391 e. The first-order valence-corrected chi connectivity index (χ1v) is 7.26. The van der Waals surface area contributed by atoms with E-state index >= 15 is 0 Å². The highest BCUT2D eigenvalue weighted by Gasteiger charge is 2.43. The number of ether oxygens (including phenoxy) is 1. The Labute approximate surface area is 116 Å². The summed E-state index contributed by atoms with van der Waals surface area (Å²) in [6, 6.07) is 3.91. The highest BCUT2D eigenvalue weighted by Crippen LogP contribution is 2.34. The molecule has 2 aliphatic rings. The first kappa shape index (κ1) is 12.9. The van der Waals surface area contributed by atoms with Crippen LogP contribution in [0.4, 0.5) is 0 Å². The lowest BCUT2D eigenvalue weighted by molar-refractivity contribution is -0.0733. The molecule has 5 nitrogen and oxygen atoms in total. The zero-order valence-corrected chi connectivity index (χ0v) is 11.5. The SMILES string of the molecule is CN=C1NC2C(O)CC(Cc3cccnc3)OC2S1. The number of hydrogen-bond acceptors (Lipinski definition) is 5. The van der Waals surface area contributed by atoms with Crippen molar-refractivity contribution in [3.05, 3.63) is 30.1 Å². The lowest BCUT2D eigenvalue weighted by atomic mass is 9.97. The van der Waals surface area contributed by atoms with E-state index in [1.807, 2.05) is 18.3 Å². The number of aliphatic imine (C=N–C) groups is 1. The van der Waals surface area contributed by atoms with Gasteiger partial charge in [0.05, 0.1) is 18.2 Å². The van der Waals surface area contributed by atoms with Crippen molar-refractivity contribution in [2.24, 2.45) is 4.99 Å². The van der Waals surface area contributed by atoms with Crippen molar-refractivity contribution in [1.29, 1.82) is 0 Å². The molecule has 3 heterocycles. The third-order valence-electron chi connectivity index (χ3n) is 3.45. The van der Waals surface area contributed by atoms with Gasteiger partial charge >= 0.3 is 0 Å². The van der Waals surface area contributed by atoms with Crippen LogP contribution in [-0.4, -0.2) is 46.0 Å². The van der Waals surface area contributed by atoms with Crippen LogP contribution in [0.15, 0.2) is 29.5 Å². The molecule has 1 aromatic heterocycles. The van der Waals surface area contributed by atoms with E-state index in [1.165, 1.54) is 0 Å². The minimum atomic E-state index is -0.396. The molecule has 19 heavy (non-hydrogen) atoms. The van der Waals surface area contributed by atoms with Crippen LogP contribution in [0.5, 0.6) is 0 Å². The Bertz CT molecular complexity index is 468. The number of aromatic nitrogens is 1. The van der Waals surface area contributed by atoms with E-state index in [0.717, 1.165) is 17.2 Å². The topological polar surface area (TPSA) is 66.7 Å². The smallest absolute Gasteiger partial charge is 0.159 e. The summed E-state index contributed by atoms with van der Waals surface area (Å²) in [7, 11) is 1.74. The molecule has 4 atom stereocenters. The van der Waals surface area contributed by atoms with Gasteiger partial charge in [0.2, 0.25) is 0 Å². The number of fused-ring (bicyclic) bond motifs is 1. The summed E-state index contributed by atoms with van der Waals surface area (Å²) in [6.45, 7) is 0. The summed E-state index contributed by atoms with van der Waals surface area (Å²) in [5.74, 6) is 0. The average Bonchev–Trinajstić information content (AvgIpc) is 2.83. The van der Waals surface area contributed by atoms with E-state index in [-0.39, 0.29) is 17.6 Å². The zero-order chi connectivity index (χ0) is 13.2. The van der Waals surface area contributed by atoms with Gasteiger partial charge in [-0.3, -0.25) is 9.98 Å². The summed E-state index contributed by atoms with van der Waals surface area (Å²) in [6.07, 6.45) is 4.67. The summed E-state index contributed by atoms with van der Waals surface area (Å²) in [5.41, 5.74) is 1.09. The predicted octanol–water partition coefficient (Wildman–Crippen LogP) is 0.791. The van der Waals surface area contributed by atoms with Crippen LogP contribution in [0.25, 0.3) is 0 Å². The van der Waals surface area contributed by atoms with Gasteiger partial charge in [0.25, 0.3) is 0 Å². The Balaban J connectivity index is 1.67. The van der Waals surface area contributed by atoms with Crippen molar-refractivity contribution in [2.75, 3.05) is 7.05 Å². The van der Waals surface area contributed by atoms with Crippen molar-refractivity contribution in [2.45, 2.75) is 36.5 Å². The van der Waals surface area contributed by atoms with Crippen LogP contribution in [0.1, 0.15) is 12.0 Å². The maximum absolute atomic E-state index is 10.2. The Hall–Kier alpha value is -1.11. The molecule has 3 rings (SSSR count). The van der Waals surface area contributed by atoms with Gasteiger partial charge in [0.1, 0.15) is 5.44 Å². The molecule has 6 heteroatoms. The summed E-state index contributed by atoms with van der Waals surface area (Å²) in [4.78, 5) is 8.23. The molecule has 2 saturated heterocycles. The monoisotopic (exact) mass is 279 g/mol. The van der Waals surface area contributed by atoms with Crippen LogP contribution in [0, 0.1) is 0 Å². The first-order chi connectivity index (χ1) is 9.26. The molecule has 0 aromatic carbocycles. The Morgan fingerprint density at radius 2 is 2.53 bits per heavy atom. The molecule has 2 aliphatic heterocycles. The van der Waals surface area contributed by atoms with Gasteiger partial charge in [-0.25, -0.2) is 0 Å². The zero-order valence-electron chi connectivity index (χ0n) is 10.7. The Morgan fingerprint density at radius 3 is 3.26 bits per heavy atom. The van der Waals surface area contributed by atoms with E-state index in [1.54, 1.807) is 25.0 Å². The molecule has 0 radical (unpaired) electrons. The van der Waals surface area contributed by atoms with Gasteiger partial charge in [0, 0.05) is 32.3 Å². The number of thioether (sulfide) groups is 1. The number of pyridine rings is 1. The fourth-order valence-corrected chi connectivity index (χ4v) is 3.65. The second kappa shape index (κ2) is 5.48. The van der Waals surface area contributed by atoms with Crippen LogP contribution in [-0.2, 0) is 11.2 Å². The molecule has 2 fully saturated rings. The van der Waals surface area contributed by atoms with Crippen LogP contribution < -0.4 is 5.32 Å². The third kappa shape index (κ3) is 2.75. The van der Waals surface area contributed by atoms with E-state index < -0.39 is 6.10 Å². The number of hydrogen-bond donors (Lipinski definition) is 2. The van der Waals surface area contributed by atoms with E-state index in [4.69, 9.17) is 4.74 Å². The first-order valence-electron chi connectivity index (χ1n) is 6.38. The fourth-order valence-electron chi connectivity index (χ4n) is 2.51. The maximum Gasteiger partial charge on any atom is 0.159 e. The van der Waals surface area contributed by atoms with E-state index in [2.05, 4.69) is 15.3 Å². The molecule has 2 N–H and O–H groups in total. The van der Waals surface area contributed by atoms with E-state index in [9.17, 15) is 5.11 Å². The standard InChI is InChI=1S/C13H17N3O2S/c1-14-13-16-11-10(17)6-9(18-12(11)19-13)5-8-3-2-4-15-7-8/h2-4,7,9-12,17H,5-6H2,1H3,(H,14,16). The summed E-state index contributed by atoms with van der Waals surface area (Å²) in [5, 5.41) is 14.3. The third-order valence-corrected chi connectivity index (χ3v) is 4.61. The quantitative estimate of drug-likeness (QED) is 0.838. The van der Waals surface area contributed by atoms with E-state index in [0.29, 0.717) is 6.42 Å². The molecule has 0 spiro atoms. The molecule has 0 aliphatic carbocycles. The van der Waals surface area contributed by atoms with Crippen molar-refractivity contribution < 1.29 is 9.84 Å². The predicted molar refractivity (Wildman–Crippen MR) is 75.1 cm³/mol. The number of nitrogens with zero attached hydrogens (tertiary/aromatic N) is 2. The van der Waals surface area contributed by atoms with Gasteiger partial charge < -0.3 is 15.2 Å². The molecule has 102 valence electrons. The number of nitrogens with one attached hydrogen (secondary N) is 1. The lowest BCUT2D eigenvalue weighted by Gasteiger charge is -2.35. The lowest BCUT2D eigenvalue weighted by Crippen LogP contribution is -2.50. The molecule has 0 saturated carbocycles. The summed E-state index contributed by atoms with van der Waals surface area (Å²) >= 11 is 1.55. The average molecular weight is 279 g/mol. The Morgan fingerprint density at radius 1 is 1.63 bits per heavy atom. The van der Waals surface area contributed by atoms with Crippen molar-refractivity contribution >= 4 is 16.9 Å². The highest BCUT2D eigenvalue weighted by atomic mass is 32.2. The van der Waals surface area contributed by atoms with Gasteiger partial charge in [-0.2, -0.15) is 0 Å². The Kier molecular flexibility index (Phi) is 3.72. The van der Waals surface area contributed by atoms with Crippen molar-refractivity contribution in [3.8, 4) is 0 Å².